The van der Waals surface area contributed by atoms with Crippen molar-refractivity contribution in [1.29, 1.82) is 0 Å². The lowest BCUT2D eigenvalue weighted by Crippen LogP contribution is -2.34. The van der Waals surface area contributed by atoms with Crippen molar-refractivity contribution >= 4 is 0 Å². The van der Waals surface area contributed by atoms with Gasteiger partial charge in [0.25, 0.3) is 0 Å². The van der Waals surface area contributed by atoms with Crippen LogP contribution in [0.15, 0.2) is 12.3 Å². The van der Waals surface area contributed by atoms with Gasteiger partial charge in [-0.3, -0.25) is 4.90 Å². The summed E-state index contributed by atoms with van der Waals surface area (Å²) in [7, 11) is 0. The molecule has 0 aliphatic carbocycles. The number of rotatable bonds is 2. The number of piperidine rings is 1. The van der Waals surface area contributed by atoms with Crippen molar-refractivity contribution in [3.05, 3.63) is 12.3 Å². The Hall–Kier alpha value is -0.500. The van der Waals surface area contributed by atoms with Gasteiger partial charge in [0.2, 0.25) is 0 Å². The molecule has 1 saturated heterocycles. The third-order valence-electron chi connectivity index (χ3n) is 2.24. The van der Waals surface area contributed by atoms with Gasteiger partial charge in [-0.2, -0.15) is 0 Å². The second kappa shape index (κ2) is 4.39. The predicted molar refractivity (Wildman–Crippen MR) is 48.2 cm³/mol. The first-order chi connectivity index (χ1) is 5.33. The van der Waals surface area contributed by atoms with Crippen LogP contribution >= 0.6 is 0 Å². The van der Waals surface area contributed by atoms with Crippen LogP contribution in [0.2, 0.25) is 0 Å². The summed E-state index contributed by atoms with van der Waals surface area (Å²) in [5.41, 5.74) is 5.27. The molecule has 0 aromatic rings. The normalized spacial score (nSPS) is 27.9. The van der Waals surface area contributed by atoms with Gasteiger partial charge in [-0.05, 0) is 31.5 Å². The highest BCUT2D eigenvalue weighted by Gasteiger charge is 2.14. The van der Waals surface area contributed by atoms with E-state index in [2.05, 4.69) is 11.8 Å². The van der Waals surface area contributed by atoms with Crippen molar-refractivity contribution in [2.75, 3.05) is 19.6 Å². The molecule has 1 aliphatic rings. The first-order valence-electron chi connectivity index (χ1n) is 4.42. The first-order valence-corrected chi connectivity index (χ1v) is 4.42. The Balaban J connectivity index is 2.22. The molecule has 0 spiro atoms. The molecule has 64 valence electrons. The predicted octanol–water partition coefficient (Wildman–Crippen LogP) is 1.19. The fourth-order valence-corrected chi connectivity index (χ4v) is 1.66. The van der Waals surface area contributed by atoms with Gasteiger partial charge in [-0.1, -0.05) is 13.0 Å². The van der Waals surface area contributed by atoms with E-state index in [1.54, 1.807) is 6.20 Å². The topological polar surface area (TPSA) is 29.3 Å². The molecule has 0 bridgehead atoms. The zero-order chi connectivity index (χ0) is 8.10. The molecule has 0 aromatic heterocycles. The van der Waals surface area contributed by atoms with Crippen molar-refractivity contribution in [3.8, 4) is 0 Å². The first kappa shape index (κ1) is 8.60. The lowest BCUT2D eigenvalue weighted by molar-refractivity contribution is 0.201. The van der Waals surface area contributed by atoms with E-state index in [1.165, 1.54) is 25.9 Å². The van der Waals surface area contributed by atoms with Crippen molar-refractivity contribution in [1.82, 2.24) is 4.90 Å². The van der Waals surface area contributed by atoms with E-state index >= 15 is 0 Å². The average Bonchev–Trinajstić information content (AvgIpc) is 2.01. The maximum atomic E-state index is 5.27. The zero-order valence-electron chi connectivity index (χ0n) is 7.29. The third kappa shape index (κ3) is 2.93. The van der Waals surface area contributed by atoms with Gasteiger partial charge < -0.3 is 5.73 Å². The Morgan fingerprint density at radius 3 is 3.09 bits per heavy atom. The molecule has 0 amide bonds. The van der Waals surface area contributed by atoms with Gasteiger partial charge >= 0.3 is 0 Å². The van der Waals surface area contributed by atoms with Crippen LogP contribution in [0, 0.1) is 5.92 Å². The number of nitrogens with zero attached hydrogens (tertiary/aromatic N) is 1. The maximum absolute atomic E-state index is 5.27. The Morgan fingerprint density at radius 2 is 2.45 bits per heavy atom. The molecule has 1 unspecified atom stereocenters. The third-order valence-corrected chi connectivity index (χ3v) is 2.24. The van der Waals surface area contributed by atoms with Gasteiger partial charge in [0.1, 0.15) is 0 Å². The molecule has 0 saturated carbocycles. The highest BCUT2D eigenvalue weighted by molar-refractivity contribution is 4.82. The van der Waals surface area contributed by atoms with E-state index < -0.39 is 0 Å². The molecule has 0 radical (unpaired) electrons. The van der Waals surface area contributed by atoms with Crippen LogP contribution in [0.3, 0.4) is 0 Å². The molecule has 1 fully saturated rings. The summed E-state index contributed by atoms with van der Waals surface area (Å²) >= 11 is 0. The van der Waals surface area contributed by atoms with Crippen molar-refractivity contribution < 1.29 is 0 Å². The van der Waals surface area contributed by atoms with Gasteiger partial charge in [0.15, 0.2) is 0 Å². The van der Waals surface area contributed by atoms with Crippen LogP contribution in [0.4, 0.5) is 0 Å². The van der Waals surface area contributed by atoms with Crippen LogP contribution in [0.5, 0.6) is 0 Å². The molecule has 1 atom stereocenters. The second-order valence-electron chi connectivity index (χ2n) is 3.44. The largest absolute Gasteiger partial charge is 0.405 e. The molecule has 11 heavy (non-hydrogen) atoms. The number of hydrogen-bond donors (Lipinski definition) is 1. The molecule has 1 rings (SSSR count). The summed E-state index contributed by atoms with van der Waals surface area (Å²) in [6.45, 7) is 5.83. The van der Waals surface area contributed by atoms with E-state index in [4.69, 9.17) is 5.73 Å². The van der Waals surface area contributed by atoms with E-state index in [0.29, 0.717) is 0 Å². The summed E-state index contributed by atoms with van der Waals surface area (Å²) in [6, 6.07) is 0. The molecule has 1 heterocycles. The molecular formula is C9H18N2. The summed E-state index contributed by atoms with van der Waals surface area (Å²) in [6.07, 6.45) is 6.40. The van der Waals surface area contributed by atoms with Gasteiger partial charge in [0, 0.05) is 13.1 Å². The molecule has 2 heteroatoms. The van der Waals surface area contributed by atoms with E-state index in [1.807, 2.05) is 6.08 Å². The zero-order valence-corrected chi connectivity index (χ0v) is 7.29. The van der Waals surface area contributed by atoms with Gasteiger partial charge in [0.05, 0.1) is 0 Å². The smallest absolute Gasteiger partial charge is 0.0180 e. The molecule has 0 aromatic carbocycles. The van der Waals surface area contributed by atoms with Crippen LogP contribution in [0.25, 0.3) is 0 Å². The van der Waals surface area contributed by atoms with Crippen LogP contribution in [0.1, 0.15) is 19.8 Å². The Morgan fingerprint density at radius 1 is 1.64 bits per heavy atom. The number of hydrogen-bond acceptors (Lipinski definition) is 2. The van der Waals surface area contributed by atoms with E-state index in [0.717, 1.165) is 12.5 Å². The highest BCUT2D eigenvalue weighted by atomic mass is 15.1. The van der Waals surface area contributed by atoms with Crippen molar-refractivity contribution in [2.24, 2.45) is 11.7 Å². The minimum absolute atomic E-state index is 0.870. The average molecular weight is 154 g/mol. The van der Waals surface area contributed by atoms with Crippen LogP contribution < -0.4 is 5.73 Å². The van der Waals surface area contributed by atoms with Gasteiger partial charge in [-0.25, -0.2) is 0 Å². The van der Waals surface area contributed by atoms with Crippen molar-refractivity contribution in [3.63, 3.8) is 0 Å². The summed E-state index contributed by atoms with van der Waals surface area (Å²) in [5.74, 6) is 0.870. The molecular weight excluding hydrogens is 136 g/mol. The quantitative estimate of drug-likeness (QED) is 0.647. The minimum Gasteiger partial charge on any atom is -0.405 e. The molecule has 2 N–H and O–H groups in total. The number of nitrogens with two attached hydrogens (primary N) is 1. The van der Waals surface area contributed by atoms with E-state index in [-0.39, 0.29) is 0 Å². The van der Waals surface area contributed by atoms with Crippen LogP contribution in [-0.4, -0.2) is 24.5 Å². The fraction of sp³-hybridized carbons (Fsp3) is 0.778. The maximum Gasteiger partial charge on any atom is 0.0180 e. The summed E-state index contributed by atoms with van der Waals surface area (Å²) in [5, 5.41) is 0. The van der Waals surface area contributed by atoms with Crippen LogP contribution in [-0.2, 0) is 0 Å². The van der Waals surface area contributed by atoms with Crippen molar-refractivity contribution in [2.45, 2.75) is 19.8 Å². The Kier molecular flexibility index (Phi) is 3.43. The monoisotopic (exact) mass is 154 g/mol. The molecule has 1 aliphatic heterocycles. The molecule has 2 nitrogen and oxygen atoms in total. The summed E-state index contributed by atoms with van der Waals surface area (Å²) in [4.78, 5) is 2.46. The Bertz CT molecular complexity index is 132. The summed E-state index contributed by atoms with van der Waals surface area (Å²) < 4.78 is 0. The minimum atomic E-state index is 0.870. The lowest BCUT2D eigenvalue weighted by atomic mass is 10.0. The highest BCUT2D eigenvalue weighted by Crippen LogP contribution is 2.14. The SMILES string of the molecule is CC1CCCN(C/C=C\N)C1. The van der Waals surface area contributed by atoms with E-state index in [9.17, 15) is 0 Å². The fourth-order valence-electron chi connectivity index (χ4n) is 1.66. The Labute approximate surface area is 69.1 Å². The van der Waals surface area contributed by atoms with Gasteiger partial charge in [-0.15, -0.1) is 0 Å². The number of likely N-dealkylation sites (tertiary alicyclic amines) is 1. The lowest BCUT2D eigenvalue weighted by Gasteiger charge is -2.29. The second-order valence-corrected chi connectivity index (χ2v) is 3.44. The standard InChI is InChI=1S/C9H18N2/c1-9-4-2-6-11(8-9)7-3-5-10/h3,5,9H,2,4,6-8,10H2,1H3/b5-3-.